The van der Waals surface area contributed by atoms with Crippen molar-refractivity contribution in [1.82, 2.24) is 19.1 Å². The Morgan fingerprint density at radius 3 is 2.66 bits per heavy atom. The zero-order valence-corrected chi connectivity index (χ0v) is 17.3. The highest BCUT2D eigenvalue weighted by Crippen LogP contribution is 2.33. The Morgan fingerprint density at radius 1 is 1.09 bits per heavy atom. The fourth-order valence-electron chi connectivity index (χ4n) is 3.73. The first-order chi connectivity index (χ1) is 15.6. The second-order valence-corrected chi connectivity index (χ2v) is 7.84. The SMILES string of the molecule is Cn1c(=O)n(CC2CC2)c2ccc(-c3cc(Oc4ccnc(C#N)c4)ccc3C#N)nc21. The van der Waals surface area contributed by atoms with E-state index in [0.29, 0.717) is 46.4 Å². The first-order valence-corrected chi connectivity index (χ1v) is 10.2. The lowest BCUT2D eigenvalue weighted by molar-refractivity contribution is 0.482. The lowest BCUT2D eigenvalue weighted by Crippen LogP contribution is -2.22. The molecule has 0 saturated heterocycles. The van der Waals surface area contributed by atoms with Crippen molar-refractivity contribution in [1.29, 1.82) is 10.5 Å². The van der Waals surface area contributed by atoms with Crippen molar-refractivity contribution in [2.75, 3.05) is 0 Å². The minimum atomic E-state index is -0.0832. The smallest absolute Gasteiger partial charge is 0.330 e. The van der Waals surface area contributed by atoms with Crippen LogP contribution in [-0.4, -0.2) is 19.1 Å². The minimum Gasteiger partial charge on any atom is -0.457 e. The number of hydrogen-bond donors (Lipinski definition) is 0. The summed E-state index contributed by atoms with van der Waals surface area (Å²) in [7, 11) is 1.71. The minimum absolute atomic E-state index is 0.0832. The highest BCUT2D eigenvalue weighted by atomic mass is 16.5. The second kappa shape index (κ2) is 7.68. The molecule has 8 nitrogen and oxygen atoms in total. The molecule has 4 aromatic rings. The van der Waals surface area contributed by atoms with Crippen LogP contribution in [0.4, 0.5) is 0 Å². The second-order valence-electron chi connectivity index (χ2n) is 7.84. The van der Waals surface area contributed by atoms with Gasteiger partial charge >= 0.3 is 5.69 Å². The van der Waals surface area contributed by atoms with Crippen molar-refractivity contribution in [3.8, 4) is 34.9 Å². The Hall–Kier alpha value is -4.43. The quantitative estimate of drug-likeness (QED) is 0.485. The monoisotopic (exact) mass is 422 g/mol. The number of rotatable bonds is 5. The highest BCUT2D eigenvalue weighted by Gasteiger charge is 2.25. The van der Waals surface area contributed by atoms with E-state index in [1.807, 2.05) is 18.2 Å². The van der Waals surface area contributed by atoms with Gasteiger partial charge < -0.3 is 4.74 Å². The maximum absolute atomic E-state index is 12.7. The van der Waals surface area contributed by atoms with Gasteiger partial charge in [0.15, 0.2) is 5.65 Å². The van der Waals surface area contributed by atoms with E-state index in [-0.39, 0.29) is 11.4 Å². The van der Waals surface area contributed by atoms with E-state index in [1.54, 1.807) is 46.5 Å². The van der Waals surface area contributed by atoms with Crippen LogP contribution in [0.3, 0.4) is 0 Å². The fraction of sp³-hybridized carbons (Fsp3) is 0.208. The molecule has 156 valence electrons. The molecule has 0 radical (unpaired) electrons. The molecule has 0 atom stereocenters. The van der Waals surface area contributed by atoms with Gasteiger partial charge in [0, 0.05) is 31.4 Å². The van der Waals surface area contributed by atoms with Gasteiger partial charge in [-0.15, -0.1) is 0 Å². The number of nitrogens with zero attached hydrogens (tertiary/aromatic N) is 6. The summed E-state index contributed by atoms with van der Waals surface area (Å²) in [4.78, 5) is 21.4. The molecule has 0 bridgehead atoms. The van der Waals surface area contributed by atoms with Gasteiger partial charge in [-0.25, -0.2) is 14.8 Å². The van der Waals surface area contributed by atoms with E-state index in [4.69, 9.17) is 15.0 Å². The topological polar surface area (TPSA) is 110 Å². The molecule has 1 aromatic carbocycles. The molecule has 5 rings (SSSR count). The standard InChI is InChI=1S/C24H18N6O2/c1-29-23-22(30(24(29)31)14-15-2-3-15)7-6-21(28-23)20-11-18(5-4-16(20)12-25)32-19-8-9-27-17(10-19)13-26/h4-11,15H,2-3,14H2,1H3. The van der Waals surface area contributed by atoms with Crippen LogP contribution in [0.2, 0.25) is 0 Å². The van der Waals surface area contributed by atoms with Crippen LogP contribution in [0.5, 0.6) is 11.5 Å². The van der Waals surface area contributed by atoms with E-state index in [0.717, 1.165) is 18.4 Å². The summed E-state index contributed by atoms with van der Waals surface area (Å²) in [5, 5.41) is 18.7. The summed E-state index contributed by atoms with van der Waals surface area (Å²) in [6.07, 6.45) is 3.81. The van der Waals surface area contributed by atoms with Crippen molar-refractivity contribution in [2.45, 2.75) is 19.4 Å². The first-order valence-electron chi connectivity index (χ1n) is 10.2. The first kappa shape index (κ1) is 19.5. The van der Waals surface area contributed by atoms with Crippen LogP contribution in [0.15, 0.2) is 53.5 Å². The van der Waals surface area contributed by atoms with Gasteiger partial charge in [-0.05, 0) is 55.2 Å². The Bertz CT molecular complexity index is 1500. The van der Waals surface area contributed by atoms with Gasteiger partial charge in [-0.2, -0.15) is 10.5 Å². The number of pyridine rings is 2. The zero-order valence-electron chi connectivity index (χ0n) is 17.3. The maximum atomic E-state index is 12.7. The summed E-state index contributed by atoms with van der Waals surface area (Å²) in [5.41, 5.74) is 3.16. The summed E-state index contributed by atoms with van der Waals surface area (Å²) in [5.74, 6) is 1.53. The third kappa shape index (κ3) is 3.48. The van der Waals surface area contributed by atoms with Gasteiger partial charge in [0.05, 0.1) is 22.8 Å². The van der Waals surface area contributed by atoms with Crippen molar-refractivity contribution < 1.29 is 4.74 Å². The number of benzene rings is 1. The molecule has 3 heterocycles. The van der Waals surface area contributed by atoms with E-state index in [9.17, 15) is 10.1 Å². The molecular formula is C24H18N6O2. The fourth-order valence-corrected chi connectivity index (χ4v) is 3.73. The summed E-state index contributed by atoms with van der Waals surface area (Å²) in [6, 6.07) is 16.2. The van der Waals surface area contributed by atoms with E-state index in [1.165, 1.54) is 6.20 Å². The van der Waals surface area contributed by atoms with Crippen molar-refractivity contribution in [3.63, 3.8) is 0 Å². The van der Waals surface area contributed by atoms with Crippen LogP contribution in [-0.2, 0) is 13.6 Å². The number of ether oxygens (including phenoxy) is 1. The Kier molecular flexibility index (Phi) is 4.68. The molecule has 32 heavy (non-hydrogen) atoms. The number of hydrogen-bond acceptors (Lipinski definition) is 6. The molecule has 0 spiro atoms. The van der Waals surface area contributed by atoms with Crippen LogP contribution < -0.4 is 10.4 Å². The summed E-state index contributed by atoms with van der Waals surface area (Å²) in [6.45, 7) is 0.709. The Morgan fingerprint density at radius 2 is 1.91 bits per heavy atom. The lowest BCUT2D eigenvalue weighted by Gasteiger charge is -2.10. The van der Waals surface area contributed by atoms with Crippen LogP contribution >= 0.6 is 0 Å². The largest absolute Gasteiger partial charge is 0.457 e. The Balaban J connectivity index is 1.56. The molecule has 1 aliphatic rings. The normalized spacial score (nSPS) is 13.0. The third-order valence-corrected chi connectivity index (χ3v) is 5.59. The van der Waals surface area contributed by atoms with E-state index < -0.39 is 0 Å². The van der Waals surface area contributed by atoms with Gasteiger partial charge in [-0.3, -0.25) is 9.13 Å². The number of aromatic nitrogens is 4. The Labute approximate surface area is 183 Å². The van der Waals surface area contributed by atoms with Gasteiger partial charge in [-0.1, -0.05) is 0 Å². The predicted octanol–water partition coefficient (Wildman–Crippen LogP) is 3.74. The maximum Gasteiger partial charge on any atom is 0.330 e. The molecule has 3 aromatic heterocycles. The molecule has 1 saturated carbocycles. The molecule has 8 heteroatoms. The lowest BCUT2D eigenvalue weighted by atomic mass is 10.0. The molecule has 0 aliphatic heterocycles. The predicted molar refractivity (Wildman–Crippen MR) is 117 cm³/mol. The average molecular weight is 422 g/mol. The van der Waals surface area contributed by atoms with E-state index in [2.05, 4.69) is 11.1 Å². The van der Waals surface area contributed by atoms with Gasteiger partial charge in [0.1, 0.15) is 23.3 Å². The average Bonchev–Trinajstić information content (AvgIpc) is 3.62. The van der Waals surface area contributed by atoms with Gasteiger partial charge in [0.2, 0.25) is 0 Å². The van der Waals surface area contributed by atoms with Gasteiger partial charge in [0.25, 0.3) is 0 Å². The number of aryl methyl sites for hydroxylation is 1. The van der Waals surface area contributed by atoms with Crippen LogP contribution in [0.25, 0.3) is 22.4 Å². The van der Waals surface area contributed by atoms with E-state index >= 15 is 0 Å². The molecule has 0 amide bonds. The molecule has 1 aliphatic carbocycles. The van der Waals surface area contributed by atoms with Crippen LogP contribution in [0.1, 0.15) is 24.1 Å². The number of imidazole rings is 1. The molecule has 0 N–H and O–H groups in total. The zero-order chi connectivity index (χ0) is 22.2. The number of fused-ring (bicyclic) bond motifs is 1. The highest BCUT2D eigenvalue weighted by molar-refractivity contribution is 5.78. The summed E-state index contributed by atoms with van der Waals surface area (Å²) < 4.78 is 9.21. The third-order valence-electron chi connectivity index (χ3n) is 5.59. The molecule has 0 unspecified atom stereocenters. The van der Waals surface area contributed by atoms with Crippen molar-refractivity contribution in [3.05, 3.63) is 70.4 Å². The van der Waals surface area contributed by atoms with Crippen molar-refractivity contribution in [2.24, 2.45) is 13.0 Å². The molecule has 1 fully saturated rings. The van der Waals surface area contributed by atoms with Crippen molar-refractivity contribution >= 4 is 11.2 Å². The van der Waals surface area contributed by atoms with Crippen LogP contribution in [0, 0.1) is 28.6 Å². The number of nitriles is 2. The summed E-state index contributed by atoms with van der Waals surface area (Å²) >= 11 is 0. The molecular weight excluding hydrogens is 404 g/mol.